The molecule has 0 aromatic heterocycles. The summed E-state index contributed by atoms with van der Waals surface area (Å²) in [4.78, 5) is 15.1. The lowest BCUT2D eigenvalue weighted by Crippen LogP contribution is -2.37. The Morgan fingerprint density at radius 2 is 1.71 bits per heavy atom. The van der Waals surface area contributed by atoms with Crippen LogP contribution in [-0.2, 0) is 6.42 Å². The fraction of sp³-hybridized carbons (Fsp3) is 0.381. The molecular formula is C21H25NO2. The monoisotopic (exact) mass is 323 g/mol. The number of ketones is 1. The number of carbonyl (C=O) groups is 1. The standard InChI is InChI=1S/C21H25NO2/c1-24-20-9-7-18(8-10-20)21(23)19-12-15-22(16-13-19)14-11-17-5-3-2-4-6-17/h2-10,19H,11-16H2,1H3. The number of ether oxygens (including phenoxy) is 1. The molecule has 0 bridgehead atoms. The highest BCUT2D eigenvalue weighted by atomic mass is 16.5. The van der Waals surface area contributed by atoms with Crippen LogP contribution in [0.25, 0.3) is 0 Å². The van der Waals surface area contributed by atoms with Crippen molar-refractivity contribution < 1.29 is 9.53 Å². The number of Topliss-reactive ketones (excluding diaryl/α,β-unsaturated/α-hetero) is 1. The molecule has 1 saturated heterocycles. The summed E-state index contributed by atoms with van der Waals surface area (Å²) in [5, 5.41) is 0. The molecule has 2 aromatic carbocycles. The Morgan fingerprint density at radius 1 is 1.04 bits per heavy atom. The van der Waals surface area contributed by atoms with E-state index in [2.05, 4.69) is 35.2 Å². The molecule has 1 fully saturated rings. The van der Waals surface area contributed by atoms with E-state index in [0.717, 1.165) is 50.2 Å². The SMILES string of the molecule is COc1ccc(C(=O)C2CCN(CCc3ccccc3)CC2)cc1. The molecular weight excluding hydrogens is 298 g/mol. The molecule has 3 heteroatoms. The lowest BCUT2D eigenvalue weighted by atomic mass is 9.89. The van der Waals surface area contributed by atoms with Gasteiger partial charge in [0.2, 0.25) is 0 Å². The van der Waals surface area contributed by atoms with E-state index in [9.17, 15) is 4.79 Å². The molecule has 0 N–H and O–H groups in total. The van der Waals surface area contributed by atoms with Crippen molar-refractivity contribution in [2.45, 2.75) is 19.3 Å². The first-order valence-electron chi connectivity index (χ1n) is 8.71. The molecule has 1 aliphatic heterocycles. The van der Waals surface area contributed by atoms with Crippen LogP contribution in [0.1, 0.15) is 28.8 Å². The Hall–Kier alpha value is -2.13. The Kier molecular flexibility index (Phi) is 5.65. The van der Waals surface area contributed by atoms with Gasteiger partial charge in [0, 0.05) is 18.0 Å². The van der Waals surface area contributed by atoms with Crippen LogP contribution < -0.4 is 4.74 Å². The predicted octanol–water partition coefficient (Wildman–Crippen LogP) is 3.83. The van der Waals surface area contributed by atoms with Crippen molar-refractivity contribution in [1.29, 1.82) is 0 Å². The summed E-state index contributed by atoms with van der Waals surface area (Å²) in [5.74, 6) is 1.23. The third kappa shape index (κ3) is 4.24. The highest BCUT2D eigenvalue weighted by molar-refractivity contribution is 5.98. The molecule has 2 aromatic rings. The minimum absolute atomic E-state index is 0.159. The smallest absolute Gasteiger partial charge is 0.166 e. The van der Waals surface area contributed by atoms with E-state index >= 15 is 0 Å². The van der Waals surface area contributed by atoms with Gasteiger partial charge < -0.3 is 9.64 Å². The lowest BCUT2D eigenvalue weighted by Gasteiger charge is -2.31. The van der Waals surface area contributed by atoms with Crippen molar-refractivity contribution >= 4 is 5.78 Å². The van der Waals surface area contributed by atoms with E-state index in [4.69, 9.17) is 4.74 Å². The Bertz CT molecular complexity index is 643. The van der Waals surface area contributed by atoms with Crippen LogP contribution in [0.3, 0.4) is 0 Å². The quantitative estimate of drug-likeness (QED) is 0.757. The maximum absolute atomic E-state index is 12.6. The topological polar surface area (TPSA) is 29.5 Å². The first-order chi connectivity index (χ1) is 11.8. The van der Waals surface area contributed by atoms with E-state index in [1.54, 1.807) is 7.11 Å². The Labute approximate surface area is 144 Å². The van der Waals surface area contributed by atoms with Crippen LogP contribution in [0.2, 0.25) is 0 Å². The van der Waals surface area contributed by atoms with Gasteiger partial charge in [-0.2, -0.15) is 0 Å². The molecule has 0 aliphatic carbocycles. The normalized spacial score (nSPS) is 16.0. The highest BCUT2D eigenvalue weighted by Gasteiger charge is 2.25. The number of piperidine rings is 1. The molecule has 0 unspecified atom stereocenters. The molecule has 0 saturated carbocycles. The molecule has 126 valence electrons. The molecule has 0 radical (unpaired) electrons. The second-order valence-electron chi connectivity index (χ2n) is 6.44. The maximum atomic E-state index is 12.6. The molecule has 3 rings (SSSR count). The van der Waals surface area contributed by atoms with Crippen LogP contribution in [0, 0.1) is 5.92 Å². The third-order valence-corrected chi connectivity index (χ3v) is 4.89. The van der Waals surface area contributed by atoms with Crippen LogP contribution in [0.15, 0.2) is 54.6 Å². The second kappa shape index (κ2) is 8.11. The molecule has 24 heavy (non-hydrogen) atoms. The van der Waals surface area contributed by atoms with Crippen LogP contribution in [-0.4, -0.2) is 37.4 Å². The van der Waals surface area contributed by atoms with Crippen LogP contribution in [0.4, 0.5) is 0 Å². The van der Waals surface area contributed by atoms with Gasteiger partial charge in [0.25, 0.3) is 0 Å². The van der Waals surface area contributed by atoms with E-state index in [1.165, 1.54) is 5.56 Å². The molecule has 0 spiro atoms. The van der Waals surface area contributed by atoms with Crippen molar-refractivity contribution in [2.24, 2.45) is 5.92 Å². The summed E-state index contributed by atoms with van der Waals surface area (Å²) in [6, 6.07) is 18.1. The van der Waals surface area contributed by atoms with Gasteiger partial charge in [0.1, 0.15) is 5.75 Å². The number of rotatable bonds is 6. The Balaban J connectivity index is 1.48. The average molecular weight is 323 g/mol. The highest BCUT2D eigenvalue weighted by Crippen LogP contribution is 2.23. The minimum Gasteiger partial charge on any atom is -0.497 e. The van der Waals surface area contributed by atoms with Gasteiger partial charge in [0.05, 0.1) is 7.11 Å². The molecule has 3 nitrogen and oxygen atoms in total. The number of hydrogen-bond donors (Lipinski definition) is 0. The van der Waals surface area contributed by atoms with Crippen LogP contribution >= 0.6 is 0 Å². The number of carbonyl (C=O) groups excluding carboxylic acids is 1. The number of hydrogen-bond acceptors (Lipinski definition) is 3. The van der Waals surface area contributed by atoms with Crippen molar-refractivity contribution in [3.63, 3.8) is 0 Å². The van der Waals surface area contributed by atoms with Crippen LogP contribution in [0.5, 0.6) is 5.75 Å². The minimum atomic E-state index is 0.159. The first-order valence-corrected chi connectivity index (χ1v) is 8.71. The number of likely N-dealkylation sites (tertiary alicyclic amines) is 1. The summed E-state index contributed by atoms with van der Waals surface area (Å²) in [6.07, 6.45) is 3.00. The zero-order chi connectivity index (χ0) is 16.8. The van der Waals surface area contributed by atoms with Crippen molar-refractivity contribution in [2.75, 3.05) is 26.7 Å². The molecule has 0 atom stereocenters. The van der Waals surface area contributed by atoms with Gasteiger partial charge in [-0.3, -0.25) is 4.79 Å². The van der Waals surface area contributed by atoms with Gasteiger partial charge in [-0.25, -0.2) is 0 Å². The van der Waals surface area contributed by atoms with Gasteiger partial charge in [-0.15, -0.1) is 0 Å². The predicted molar refractivity (Wildman–Crippen MR) is 96.6 cm³/mol. The number of benzene rings is 2. The summed E-state index contributed by atoms with van der Waals surface area (Å²) < 4.78 is 5.15. The molecule has 1 aliphatic rings. The van der Waals surface area contributed by atoms with Crippen molar-refractivity contribution in [1.82, 2.24) is 4.90 Å². The molecule has 1 heterocycles. The van der Waals surface area contributed by atoms with Crippen molar-refractivity contribution in [3.8, 4) is 5.75 Å². The van der Waals surface area contributed by atoms with E-state index in [0.29, 0.717) is 0 Å². The van der Waals surface area contributed by atoms with Crippen molar-refractivity contribution in [3.05, 3.63) is 65.7 Å². The lowest BCUT2D eigenvalue weighted by molar-refractivity contribution is 0.0841. The van der Waals surface area contributed by atoms with Gasteiger partial charge in [-0.1, -0.05) is 30.3 Å². The number of nitrogens with zero attached hydrogens (tertiary/aromatic N) is 1. The first kappa shape index (κ1) is 16.7. The fourth-order valence-corrected chi connectivity index (χ4v) is 3.34. The zero-order valence-electron chi connectivity index (χ0n) is 14.3. The molecule has 0 amide bonds. The van der Waals surface area contributed by atoms with Gasteiger partial charge >= 0.3 is 0 Å². The van der Waals surface area contributed by atoms with E-state index in [-0.39, 0.29) is 11.7 Å². The summed E-state index contributed by atoms with van der Waals surface area (Å²) in [5.41, 5.74) is 2.19. The summed E-state index contributed by atoms with van der Waals surface area (Å²) in [6.45, 7) is 3.10. The van der Waals surface area contributed by atoms with E-state index in [1.807, 2.05) is 24.3 Å². The average Bonchev–Trinajstić information content (AvgIpc) is 2.67. The van der Waals surface area contributed by atoms with Gasteiger partial charge in [-0.05, 0) is 62.2 Å². The largest absolute Gasteiger partial charge is 0.497 e. The van der Waals surface area contributed by atoms with E-state index < -0.39 is 0 Å². The van der Waals surface area contributed by atoms with Gasteiger partial charge in [0.15, 0.2) is 5.78 Å². The zero-order valence-corrected chi connectivity index (χ0v) is 14.3. The maximum Gasteiger partial charge on any atom is 0.166 e. The second-order valence-corrected chi connectivity index (χ2v) is 6.44. The summed E-state index contributed by atoms with van der Waals surface area (Å²) >= 11 is 0. The third-order valence-electron chi connectivity index (χ3n) is 4.89. The fourth-order valence-electron chi connectivity index (χ4n) is 3.34. The number of methoxy groups -OCH3 is 1. The summed E-state index contributed by atoms with van der Waals surface area (Å²) in [7, 11) is 1.64. The Morgan fingerprint density at radius 3 is 2.33 bits per heavy atom.